The Bertz CT molecular complexity index is 274. The van der Waals surface area contributed by atoms with Gasteiger partial charge in [0.1, 0.15) is 0 Å². The summed E-state index contributed by atoms with van der Waals surface area (Å²) in [7, 11) is 0. The smallest absolute Gasteiger partial charge is 0.224 e. The van der Waals surface area contributed by atoms with Crippen molar-refractivity contribution >= 4 is 5.91 Å². The summed E-state index contributed by atoms with van der Waals surface area (Å²) in [5.74, 6) is 5.94. The second-order valence-electron chi connectivity index (χ2n) is 3.91. The minimum atomic E-state index is 0.177. The molecule has 90 valence electrons. The Hall–Kier alpha value is -1.05. The molecule has 16 heavy (non-hydrogen) atoms. The van der Waals surface area contributed by atoms with Crippen LogP contribution in [0.2, 0.25) is 0 Å². The summed E-state index contributed by atoms with van der Waals surface area (Å²) in [5, 5.41) is 3.20. The standard InChI is InChI=1S/C12H20N2O2/c1-3-4-5-13-11(2)10-12(15)14-6-8-16-9-7-14/h11,13H,5-10H2,1-2H3. The quantitative estimate of drug-likeness (QED) is 0.695. The van der Waals surface area contributed by atoms with Crippen LogP contribution in [0.25, 0.3) is 0 Å². The second-order valence-corrected chi connectivity index (χ2v) is 3.91. The maximum absolute atomic E-state index is 11.8. The average Bonchev–Trinajstić information content (AvgIpc) is 2.30. The highest BCUT2D eigenvalue weighted by molar-refractivity contribution is 5.76. The van der Waals surface area contributed by atoms with Gasteiger partial charge in [-0.3, -0.25) is 4.79 Å². The van der Waals surface area contributed by atoms with Crippen molar-refractivity contribution in [2.45, 2.75) is 26.3 Å². The maximum Gasteiger partial charge on any atom is 0.224 e. The molecule has 0 aliphatic carbocycles. The molecule has 4 nitrogen and oxygen atoms in total. The molecular weight excluding hydrogens is 204 g/mol. The number of nitrogens with zero attached hydrogens (tertiary/aromatic N) is 1. The van der Waals surface area contributed by atoms with E-state index in [-0.39, 0.29) is 11.9 Å². The van der Waals surface area contributed by atoms with Gasteiger partial charge in [0.2, 0.25) is 5.91 Å². The van der Waals surface area contributed by atoms with Crippen molar-refractivity contribution in [2.75, 3.05) is 32.8 Å². The van der Waals surface area contributed by atoms with Crippen LogP contribution in [0.4, 0.5) is 0 Å². The van der Waals surface area contributed by atoms with E-state index in [4.69, 9.17) is 4.74 Å². The van der Waals surface area contributed by atoms with Crippen LogP contribution in [0.3, 0.4) is 0 Å². The third kappa shape index (κ3) is 4.65. The normalized spacial score (nSPS) is 17.5. The van der Waals surface area contributed by atoms with Crippen molar-refractivity contribution in [2.24, 2.45) is 0 Å². The Labute approximate surface area is 97.3 Å². The third-order valence-corrected chi connectivity index (χ3v) is 2.56. The summed E-state index contributed by atoms with van der Waals surface area (Å²) in [6, 6.07) is 0.177. The van der Waals surface area contributed by atoms with Crippen LogP contribution >= 0.6 is 0 Å². The molecule has 0 spiro atoms. The summed E-state index contributed by atoms with van der Waals surface area (Å²) in [5.41, 5.74) is 0. The fourth-order valence-corrected chi connectivity index (χ4v) is 1.59. The van der Waals surface area contributed by atoms with Crippen molar-refractivity contribution in [1.82, 2.24) is 10.2 Å². The fourth-order valence-electron chi connectivity index (χ4n) is 1.59. The lowest BCUT2D eigenvalue weighted by Gasteiger charge is -2.28. The highest BCUT2D eigenvalue weighted by atomic mass is 16.5. The third-order valence-electron chi connectivity index (χ3n) is 2.56. The molecule has 1 aliphatic heterocycles. The summed E-state index contributed by atoms with van der Waals surface area (Å²) < 4.78 is 5.21. The molecule has 1 saturated heterocycles. The van der Waals surface area contributed by atoms with E-state index in [1.165, 1.54) is 0 Å². The lowest BCUT2D eigenvalue weighted by atomic mass is 10.2. The van der Waals surface area contributed by atoms with Crippen molar-refractivity contribution in [3.8, 4) is 11.8 Å². The molecule has 1 unspecified atom stereocenters. The highest BCUT2D eigenvalue weighted by Crippen LogP contribution is 2.02. The van der Waals surface area contributed by atoms with E-state index in [2.05, 4.69) is 17.2 Å². The van der Waals surface area contributed by atoms with Gasteiger partial charge in [-0.2, -0.15) is 0 Å². The van der Waals surface area contributed by atoms with Gasteiger partial charge >= 0.3 is 0 Å². The molecular formula is C12H20N2O2. The van der Waals surface area contributed by atoms with Gasteiger partial charge in [-0.1, -0.05) is 5.92 Å². The van der Waals surface area contributed by atoms with Crippen molar-refractivity contribution in [3.63, 3.8) is 0 Å². The summed E-state index contributed by atoms with van der Waals surface area (Å²) >= 11 is 0. The van der Waals surface area contributed by atoms with Crippen molar-refractivity contribution < 1.29 is 9.53 Å². The van der Waals surface area contributed by atoms with E-state index in [1.807, 2.05) is 18.7 Å². The number of nitrogens with one attached hydrogen (secondary N) is 1. The van der Waals surface area contributed by atoms with E-state index in [0.717, 1.165) is 13.1 Å². The Morgan fingerprint density at radius 1 is 1.50 bits per heavy atom. The van der Waals surface area contributed by atoms with Gasteiger partial charge in [0.25, 0.3) is 0 Å². The minimum absolute atomic E-state index is 0.177. The van der Waals surface area contributed by atoms with E-state index >= 15 is 0 Å². The molecule has 0 bridgehead atoms. The first-order valence-corrected chi connectivity index (χ1v) is 5.72. The predicted molar refractivity (Wildman–Crippen MR) is 62.9 cm³/mol. The largest absolute Gasteiger partial charge is 0.378 e. The number of hydrogen-bond acceptors (Lipinski definition) is 3. The Balaban J connectivity index is 2.23. The first-order valence-electron chi connectivity index (χ1n) is 5.72. The van der Waals surface area contributed by atoms with Crippen LogP contribution in [0.5, 0.6) is 0 Å². The second kappa shape index (κ2) is 7.26. The fraction of sp³-hybridized carbons (Fsp3) is 0.750. The molecule has 1 atom stereocenters. The summed E-state index contributed by atoms with van der Waals surface area (Å²) in [4.78, 5) is 13.7. The van der Waals surface area contributed by atoms with Crippen molar-refractivity contribution in [1.29, 1.82) is 0 Å². The Morgan fingerprint density at radius 2 is 2.19 bits per heavy atom. The van der Waals surface area contributed by atoms with Crippen molar-refractivity contribution in [3.05, 3.63) is 0 Å². The van der Waals surface area contributed by atoms with Crippen LogP contribution in [0.1, 0.15) is 20.3 Å². The molecule has 1 amide bonds. The molecule has 0 radical (unpaired) electrons. The van der Waals surface area contributed by atoms with Crippen LogP contribution in [-0.2, 0) is 9.53 Å². The Kier molecular flexibility index (Phi) is 5.91. The molecule has 1 aliphatic rings. The number of carbonyl (C=O) groups excluding carboxylic acids is 1. The van der Waals surface area contributed by atoms with E-state index in [0.29, 0.717) is 26.2 Å². The van der Waals surface area contributed by atoms with Gasteiger partial charge in [0.15, 0.2) is 0 Å². The molecule has 4 heteroatoms. The topological polar surface area (TPSA) is 41.6 Å². The van der Waals surface area contributed by atoms with E-state index in [1.54, 1.807) is 0 Å². The number of carbonyl (C=O) groups is 1. The van der Waals surface area contributed by atoms with Gasteiger partial charge in [-0.15, -0.1) is 5.92 Å². The minimum Gasteiger partial charge on any atom is -0.378 e. The molecule has 1 N–H and O–H groups in total. The van der Waals surface area contributed by atoms with Crippen LogP contribution in [-0.4, -0.2) is 49.7 Å². The summed E-state index contributed by atoms with van der Waals surface area (Å²) in [6.45, 7) is 7.24. The molecule has 1 fully saturated rings. The molecule has 0 aromatic heterocycles. The number of morpholine rings is 1. The molecule has 1 heterocycles. The van der Waals surface area contributed by atoms with Gasteiger partial charge in [-0.25, -0.2) is 0 Å². The first kappa shape index (κ1) is 13.0. The Morgan fingerprint density at radius 3 is 2.81 bits per heavy atom. The first-order chi connectivity index (χ1) is 7.74. The van der Waals surface area contributed by atoms with Crippen LogP contribution in [0, 0.1) is 11.8 Å². The van der Waals surface area contributed by atoms with Gasteiger partial charge in [-0.05, 0) is 13.8 Å². The average molecular weight is 224 g/mol. The van der Waals surface area contributed by atoms with Gasteiger partial charge in [0.05, 0.1) is 19.8 Å². The van der Waals surface area contributed by atoms with E-state index < -0.39 is 0 Å². The lowest BCUT2D eigenvalue weighted by molar-refractivity contribution is -0.135. The highest BCUT2D eigenvalue weighted by Gasteiger charge is 2.18. The van der Waals surface area contributed by atoms with Gasteiger partial charge in [0, 0.05) is 25.6 Å². The monoisotopic (exact) mass is 224 g/mol. The zero-order valence-electron chi connectivity index (χ0n) is 10.1. The lowest BCUT2D eigenvalue weighted by Crippen LogP contribution is -2.43. The zero-order chi connectivity index (χ0) is 11.8. The number of hydrogen-bond donors (Lipinski definition) is 1. The predicted octanol–water partition coefficient (Wildman–Crippen LogP) is 0.237. The van der Waals surface area contributed by atoms with Gasteiger partial charge < -0.3 is 15.0 Å². The maximum atomic E-state index is 11.8. The number of amides is 1. The molecule has 1 rings (SSSR count). The summed E-state index contributed by atoms with van der Waals surface area (Å²) in [6.07, 6.45) is 0.533. The SMILES string of the molecule is CC#CCNC(C)CC(=O)N1CCOCC1. The van der Waals surface area contributed by atoms with Crippen LogP contribution in [0.15, 0.2) is 0 Å². The number of rotatable bonds is 4. The molecule has 0 aromatic carbocycles. The molecule has 0 aromatic rings. The van der Waals surface area contributed by atoms with Crippen LogP contribution < -0.4 is 5.32 Å². The number of ether oxygens (including phenoxy) is 1. The molecule has 0 saturated carbocycles. The van der Waals surface area contributed by atoms with E-state index in [9.17, 15) is 4.79 Å². The zero-order valence-corrected chi connectivity index (χ0v) is 10.1.